The van der Waals surface area contributed by atoms with Crippen molar-refractivity contribution < 1.29 is 24.2 Å². The lowest BCUT2D eigenvalue weighted by Crippen LogP contribution is -2.40. The number of methoxy groups -OCH3 is 1. The number of hydrogen-bond donors (Lipinski definition) is 1. The van der Waals surface area contributed by atoms with Crippen LogP contribution in [-0.4, -0.2) is 41.5 Å². The highest BCUT2D eigenvalue weighted by Crippen LogP contribution is 2.44. The zero-order chi connectivity index (χ0) is 23.5. The quantitative estimate of drug-likeness (QED) is 0.375. The minimum absolute atomic E-state index is 0.0411. The Morgan fingerprint density at radius 1 is 1.09 bits per heavy atom. The summed E-state index contributed by atoms with van der Waals surface area (Å²) in [5, 5.41) is 11.4. The molecular formula is C27H31NO5. The van der Waals surface area contributed by atoms with Gasteiger partial charge in [-0.15, -0.1) is 0 Å². The maximum Gasteiger partial charge on any atom is 0.295 e. The Kier molecular flexibility index (Phi) is 6.72. The summed E-state index contributed by atoms with van der Waals surface area (Å²) in [6.45, 7) is 4.32. The summed E-state index contributed by atoms with van der Waals surface area (Å²) in [6, 6.07) is 12.1. The molecule has 1 saturated carbocycles. The van der Waals surface area contributed by atoms with Crippen molar-refractivity contribution in [3.05, 3.63) is 64.7 Å². The van der Waals surface area contributed by atoms with Crippen LogP contribution in [0.15, 0.2) is 48.0 Å². The minimum Gasteiger partial charge on any atom is -0.507 e. The third kappa shape index (κ3) is 4.34. The van der Waals surface area contributed by atoms with Gasteiger partial charge in [0.2, 0.25) is 0 Å². The van der Waals surface area contributed by atoms with Gasteiger partial charge in [0.05, 0.1) is 30.9 Å². The molecule has 6 heteroatoms. The second-order valence-electron chi connectivity index (χ2n) is 8.71. The van der Waals surface area contributed by atoms with Gasteiger partial charge in [-0.05, 0) is 56.5 Å². The summed E-state index contributed by atoms with van der Waals surface area (Å²) >= 11 is 0. The Morgan fingerprint density at radius 2 is 1.85 bits per heavy atom. The number of benzene rings is 2. The molecule has 1 aliphatic heterocycles. The molecule has 2 aromatic carbocycles. The van der Waals surface area contributed by atoms with Crippen LogP contribution in [0.1, 0.15) is 61.8 Å². The second-order valence-corrected chi connectivity index (χ2v) is 8.71. The molecule has 1 atom stereocenters. The van der Waals surface area contributed by atoms with Crippen LogP contribution in [0.4, 0.5) is 0 Å². The summed E-state index contributed by atoms with van der Waals surface area (Å²) in [5.74, 6) is -0.310. The van der Waals surface area contributed by atoms with Crippen molar-refractivity contribution >= 4 is 17.4 Å². The van der Waals surface area contributed by atoms with Crippen molar-refractivity contribution in [1.82, 2.24) is 4.90 Å². The molecule has 1 saturated heterocycles. The number of rotatable bonds is 6. The number of aryl methyl sites for hydroxylation is 1. The van der Waals surface area contributed by atoms with Gasteiger partial charge in [-0.2, -0.15) is 0 Å². The first-order valence-electron chi connectivity index (χ1n) is 11.6. The van der Waals surface area contributed by atoms with Crippen LogP contribution in [0.25, 0.3) is 5.76 Å². The highest BCUT2D eigenvalue weighted by Gasteiger charge is 2.49. The van der Waals surface area contributed by atoms with E-state index in [2.05, 4.69) is 0 Å². The average molecular weight is 450 g/mol. The predicted molar refractivity (Wildman–Crippen MR) is 126 cm³/mol. The number of ketones is 1. The standard InChI is InChI=1S/C27H31NO5/c1-4-33-20-12-8-9-18(16-20)24-23(25(29)21-15-17(2)13-14-22(21)32-3)26(30)27(31)28(24)19-10-6-5-7-11-19/h8-9,12-16,19,24,29H,4-7,10-11H2,1-3H3/b25-23+. The largest absolute Gasteiger partial charge is 0.507 e. The number of aliphatic hydroxyl groups excluding tert-OH is 1. The van der Waals surface area contributed by atoms with E-state index < -0.39 is 17.7 Å². The van der Waals surface area contributed by atoms with Gasteiger partial charge in [0, 0.05) is 6.04 Å². The predicted octanol–water partition coefficient (Wildman–Crippen LogP) is 5.16. The van der Waals surface area contributed by atoms with Crippen LogP contribution in [0.5, 0.6) is 11.5 Å². The van der Waals surface area contributed by atoms with E-state index in [1.165, 1.54) is 7.11 Å². The van der Waals surface area contributed by atoms with Gasteiger partial charge in [-0.3, -0.25) is 9.59 Å². The molecular weight excluding hydrogens is 418 g/mol. The van der Waals surface area contributed by atoms with Gasteiger partial charge in [0.1, 0.15) is 17.3 Å². The van der Waals surface area contributed by atoms with Crippen LogP contribution >= 0.6 is 0 Å². The Bertz CT molecular complexity index is 1080. The number of Topliss-reactive ketones (excluding diaryl/α,β-unsaturated/α-hetero) is 1. The van der Waals surface area contributed by atoms with Crippen molar-refractivity contribution in [2.24, 2.45) is 0 Å². The van der Waals surface area contributed by atoms with Crippen molar-refractivity contribution in [3.8, 4) is 11.5 Å². The Morgan fingerprint density at radius 3 is 2.55 bits per heavy atom. The molecule has 1 amide bonds. The van der Waals surface area contributed by atoms with Gasteiger partial charge in [0.15, 0.2) is 0 Å². The van der Waals surface area contributed by atoms with Crippen molar-refractivity contribution in [2.45, 2.75) is 58.0 Å². The van der Waals surface area contributed by atoms with E-state index in [1.54, 1.807) is 17.0 Å². The number of amides is 1. The summed E-state index contributed by atoms with van der Waals surface area (Å²) < 4.78 is 11.1. The zero-order valence-electron chi connectivity index (χ0n) is 19.5. The molecule has 4 rings (SSSR count). The fourth-order valence-corrected chi connectivity index (χ4v) is 5.01. The topological polar surface area (TPSA) is 76.1 Å². The number of likely N-dealkylation sites (tertiary alicyclic amines) is 1. The lowest BCUT2D eigenvalue weighted by molar-refractivity contribution is -0.141. The number of ether oxygens (including phenoxy) is 2. The first kappa shape index (κ1) is 22.9. The maximum atomic E-state index is 13.4. The molecule has 0 bridgehead atoms. The number of carbonyl (C=O) groups excluding carboxylic acids is 2. The lowest BCUT2D eigenvalue weighted by Gasteiger charge is -2.35. The molecule has 1 N–H and O–H groups in total. The van der Waals surface area contributed by atoms with Crippen LogP contribution < -0.4 is 9.47 Å². The summed E-state index contributed by atoms with van der Waals surface area (Å²) in [5.41, 5.74) is 2.17. The summed E-state index contributed by atoms with van der Waals surface area (Å²) in [7, 11) is 1.52. The van der Waals surface area contributed by atoms with Crippen molar-refractivity contribution in [2.75, 3.05) is 13.7 Å². The fourth-order valence-electron chi connectivity index (χ4n) is 5.01. The number of carbonyl (C=O) groups is 2. The molecule has 0 spiro atoms. The molecule has 0 aromatic heterocycles. The number of nitrogens with zero attached hydrogens (tertiary/aromatic N) is 1. The molecule has 1 unspecified atom stereocenters. The fraction of sp³-hybridized carbons (Fsp3) is 0.407. The smallest absolute Gasteiger partial charge is 0.295 e. The van der Waals surface area contributed by atoms with E-state index in [9.17, 15) is 14.7 Å². The molecule has 6 nitrogen and oxygen atoms in total. The van der Waals surface area contributed by atoms with E-state index in [1.807, 2.05) is 44.2 Å². The Balaban J connectivity index is 1.91. The van der Waals surface area contributed by atoms with Crippen molar-refractivity contribution in [1.29, 1.82) is 0 Å². The number of aliphatic hydroxyl groups is 1. The van der Waals surface area contributed by atoms with E-state index in [4.69, 9.17) is 9.47 Å². The molecule has 1 aliphatic carbocycles. The van der Waals surface area contributed by atoms with E-state index in [0.29, 0.717) is 23.7 Å². The molecule has 2 fully saturated rings. The Hall–Kier alpha value is -3.28. The highest BCUT2D eigenvalue weighted by molar-refractivity contribution is 6.46. The monoisotopic (exact) mass is 449 g/mol. The molecule has 1 heterocycles. The van der Waals surface area contributed by atoms with Gasteiger partial charge < -0.3 is 19.5 Å². The normalized spacial score (nSPS) is 20.8. The third-order valence-electron chi connectivity index (χ3n) is 6.54. The molecule has 174 valence electrons. The van der Waals surface area contributed by atoms with Gasteiger partial charge in [-0.25, -0.2) is 0 Å². The number of hydrogen-bond acceptors (Lipinski definition) is 5. The van der Waals surface area contributed by atoms with Crippen molar-refractivity contribution in [3.63, 3.8) is 0 Å². The van der Waals surface area contributed by atoms with E-state index in [-0.39, 0.29) is 17.4 Å². The van der Waals surface area contributed by atoms with Gasteiger partial charge in [-0.1, -0.05) is 43.0 Å². The minimum atomic E-state index is -0.682. The van der Waals surface area contributed by atoms with E-state index >= 15 is 0 Å². The van der Waals surface area contributed by atoms with Crippen LogP contribution in [0, 0.1) is 6.92 Å². The van der Waals surface area contributed by atoms with Crippen LogP contribution in [0.2, 0.25) is 0 Å². The van der Waals surface area contributed by atoms with Gasteiger partial charge >= 0.3 is 0 Å². The Labute approximate surface area is 194 Å². The third-order valence-corrected chi connectivity index (χ3v) is 6.54. The van der Waals surface area contributed by atoms with E-state index in [0.717, 1.165) is 43.2 Å². The summed E-state index contributed by atoms with van der Waals surface area (Å²) in [6.07, 6.45) is 4.87. The second kappa shape index (κ2) is 9.69. The zero-order valence-corrected chi connectivity index (χ0v) is 19.5. The molecule has 0 radical (unpaired) electrons. The summed E-state index contributed by atoms with van der Waals surface area (Å²) in [4.78, 5) is 28.4. The first-order chi connectivity index (χ1) is 16.0. The molecule has 33 heavy (non-hydrogen) atoms. The molecule has 2 aromatic rings. The highest BCUT2D eigenvalue weighted by atomic mass is 16.5. The lowest BCUT2D eigenvalue weighted by atomic mass is 9.90. The SMILES string of the molecule is CCOc1cccc(C2/C(=C(\O)c3cc(C)ccc3OC)C(=O)C(=O)N2C2CCCCC2)c1. The van der Waals surface area contributed by atoms with Crippen LogP contribution in [-0.2, 0) is 9.59 Å². The molecule has 2 aliphatic rings. The van der Waals surface area contributed by atoms with Gasteiger partial charge in [0.25, 0.3) is 11.7 Å². The van der Waals surface area contributed by atoms with Crippen LogP contribution in [0.3, 0.4) is 0 Å². The average Bonchev–Trinajstić information content (AvgIpc) is 3.10. The first-order valence-corrected chi connectivity index (χ1v) is 11.6. The maximum absolute atomic E-state index is 13.4.